The fourth-order valence-corrected chi connectivity index (χ4v) is 4.74. The maximum absolute atomic E-state index is 13.0. The maximum atomic E-state index is 13.0. The number of thiazole rings is 1. The average Bonchev–Trinajstić information content (AvgIpc) is 2.96. The van der Waals surface area contributed by atoms with Crippen LogP contribution in [0.2, 0.25) is 0 Å². The van der Waals surface area contributed by atoms with Crippen LogP contribution in [0.25, 0.3) is 10.6 Å². The zero-order valence-electron chi connectivity index (χ0n) is 15.6. The van der Waals surface area contributed by atoms with Crippen molar-refractivity contribution in [1.29, 1.82) is 0 Å². The summed E-state index contributed by atoms with van der Waals surface area (Å²) in [6.45, 7) is 8.82. The van der Waals surface area contributed by atoms with Gasteiger partial charge in [0.15, 0.2) is 0 Å². The Hall–Kier alpha value is -1.72. The van der Waals surface area contributed by atoms with E-state index in [0.29, 0.717) is 5.92 Å². The van der Waals surface area contributed by atoms with E-state index in [0.717, 1.165) is 47.2 Å². The third-order valence-electron chi connectivity index (χ3n) is 4.90. The molecule has 0 aliphatic carbocycles. The van der Waals surface area contributed by atoms with E-state index in [4.69, 9.17) is 4.98 Å². The second-order valence-electron chi connectivity index (χ2n) is 7.07. The lowest BCUT2D eigenvalue weighted by molar-refractivity contribution is 0.0678. The highest BCUT2D eigenvalue weighted by molar-refractivity contribution is 7.17. The molecule has 4 nitrogen and oxygen atoms in total. The molecule has 1 N–H and O–H groups in total. The lowest BCUT2D eigenvalue weighted by Crippen LogP contribution is -2.42. The van der Waals surface area contributed by atoms with E-state index in [9.17, 15) is 4.79 Å². The SMILES string of the molecule is CNCC1CCCN(C(=O)c2sc(-c3ccc(C)cc3C)nc2C)C1. The van der Waals surface area contributed by atoms with Crippen molar-refractivity contribution in [3.63, 3.8) is 0 Å². The van der Waals surface area contributed by atoms with Crippen LogP contribution in [0.1, 0.15) is 39.3 Å². The van der Waals surface area contributed by atoms with Crippen LogP contribution in [0.3, 0.4) is 0 Å². The summed E-state index contributed by atoms with van der Waals surface area (Å²) in [5.41, 5.74) is 4.43. The summed E-state index contributed by atoms with van der Waals surface area (Å²) >= 11 is 1.53. The standard InChI is InChI=1S/C20H27N3OS/c1-13-7-8-17(14(2)10-13)19-22-15(3)18(25-19)20(24)23-9-5-6-16(12-23)11-21-4/h7-8,10,16,21H,5-6,9,11-12H2,1-4H3. The van der Waals surface area contributed by atoms with Crippen LogP contribution in [0.4, 0.5) is 0 Å². The third kappa shape index (κ3) is 3.93. The molecule has 3 rings (SSSR count). The van der Waals surface area contributed by atoms with Crippen LogP contribution in [0, 0.1) is 26.7 Å². The zero-order valence-corrected chi connectivity index (χ0v) is 16.4. The van der Waals surface area contributed by atoms with Gasteiger partial charge in [-0.25, -0.2) is 4.98 Å². The Balaban J connectivity index is 1.83. The molecule has 5 heteroatoms. The van der Waals surface area contributed by atoms with E-state index in [2.05, 4.69) is 37.4 Å². The maximum Gasteiger partial charge on any atom is 0.265 e. The number of aromatic nitrogens is 1. The first kappa shape index (κ1) is 18.1. The van der Waals surface area contributed by atoms with Gasteiger partial charge < -0.3 is 10.2 Å². The Morgan fingerprint density at radius 2 is 2.16 bits per heavy atom. The van der Waals surface area contributed by atoms with E-state index >= 15 is 0 Å². The van der Waals surface area contributed by atoms with Crippen molar-refractivity contribution in [3.05, 3.63) is 39.9 Å². The molecule has 1 aromatic heterocycles. The Kier molecular flexibility index (Phi) is 5.54. The Bertz CT molecular complexity index is 766. The number of amides is 1. The highest BCUT2D eigenvalue weighted by atomic mass is 32.1. The van der Waals surface area contributed by atoms with E-state index < -0.39 is 0 Å². The molecule has 2 aromatic rings. The van der Waals surface area contributed by atoms with Gasteiger partial charge in [-0.1, -0.05) is 23.8 Å². The van der Waals surface area contributed by atoms with E-state index in [1.165, 1.54) is 28.9 Å². The molecule has 1 aliphatic rings. The van der Waals surface area contributed by atoms with Gasteiger partial charge in [0, 0.05) is 18.7 Å². The lowest BCUT2D eigenvalue weighted by Gasteiger charge is -2.32. The molecule has 134 valence electrons. The van der Waals surface area contributed by atoms with E-state index in [1.54, 1.807) is 0 Å². The Morgan fingerprint density at radius 1 is 1.36 bits per heavy atom. The van der Waals surface area contributed by atoms with Gasteiger partial charge in [0.05, 0.1) is 5.69 Å². The second kappa shape index (κ2) is 7.67. The van der Waals surface area contributed by atoms with Gasteiger partial charge in [0.1, 0.15) is 9.88 Å². The predicted octanol–water partition coefficient (Wildman–Crippen LogP) is 3.81. The number of piperidine rings is 1. The van der Waals surface area contributed by atoms with Crippen LogP contribution in [-0.2, 0) is 0 Å². The van der Waals surface area contributed by atoms with Crippen LogP contribution >= 0.6 is 11.3 Å². The summed E-state index contributed by atoms with van der Waals surface area (Å²) in [4.78, 5) is 20.5. The van der Waals surface area contributed by atoms with Crippen LogP contribution < -0.4 is 5.32 Å². The van der Waals surface area contributed by atoms with Gasteiger partial charge in [0.25, 0.3) is 5.91 Å². The number of hydrogen-bond acceptors (Lipinski definition) is 4. The van der Waals surface area contributed by atoms with Gasteiger partial charge in [-0.15, -0.1) is 11.3 Å². The molecule has 1 unspecified atom stereocenters. The summed E-state index contributed by atoms with van der Waals surface area (Å²) in [6.07, 6.45) is 2.28. The molecule has 25 heavy (non-hydrogen) atoms. The van der Waals surface area contributed by atoms with Gasteiger partial charge in [0.2, 0.25) is 0 Å². The minimum Gasteiger partial charge on any atom is -0.338 e. The molecule has 0 spiro atoms. The number of benzene rings is 1. The largest absolute Gasteiger partial charge is 0.338 e. The number of hydrogen-bond donors (Lipinski definition) is 1. The van der Waals surface area contributed by atoms with Crippen molar-refractivity contribution in [1.82, 2.24) is 15.2 Å². The summed E-state index contributed by atoms with van der Waals surface area (Å²) in [5, 5.41) is 4.18. The average molecular weight is 358 g/mol. The van der Waals surface area contributed by atoms with Crippen molar-refractivity contribution in [3.8, 4) is 10.6 Å². The molecule has 2 heterocycles. The Labute approximate surface area is 154 Å². The summed E-state index contributed by atoms with van der Waals surface area (Å²) in [5.74, 6) is 0.696. The highest BCUT2D eigenvalue weighted by Crippen LogP contribution is 2.32. The quantitative estimate of drug-likeness (QED) is 0.905. The number of aryl methyl sites for hydroxylation is 3. The molecule has 1 aliphatic heterocycles. The number of rotatable bonds is 4. The molecular formula is C20H27N3OS. The third-order valence-corrected chi connectivity index (χ3v) is 6.08. The fourth-order valence-electron chi connectivity index (χ4n) is 3.61. The summed E-state index contributed by atoms with van der Waals surface area (Å²) < 4.78 is 0. The van der Waals surface area contributed by atoms with E-state index in [1.807, 2.05) is 18.9 Å². The zero-order chi connectivity index (χ0) is 18.0. The normalized spacial score (nSPS) is 17.8. The van der Waals surface area contributed by atoms with Crippen molar-refractivity contribution in [2.75, 3.05) is 26.7 Å². The summed E-state index contributed by atoms with van der Waals surface area (Å²) in [6, 6.07) is 6.38. The van der Waals surface area contributed by atoms with Crippen LogP contribution in [-0.4, -0.2) is 42.5 Å². The van der Waals surface area contributed by atoms with Crippen molar-refractivity contribution >= 4 is 17.2 Å². The number of carbonyl (C=O) groups excluding carboxylic acids is 1. The van der Waals surface area contributed by atoms with Gasteiger partial charge in [-0.3, -0.25) is 4.79 Å². The molecule has 0 radical (unpaired) electrons. The molecule has 1 atom stereocenters. The molecule has 1 saturated heterocycles. The van der Waals surface area contributed by atoms with E-state index in [-0.39, 0.29) is 5.91 Å². The first-order valence-electron chi connectivity index (χ1n) is 8.98. The van der Waals surface area contributed by atoms with Crippen LogP contribution in [0.15, 0.2) is 18.2 Å². The Morgan fingerprint density at radius 3 is 2.88 bits per heavy atom. The monoisotopic (exact) mass is 357 g/mol. The van der Waals surface area contributed by atoms with Crippen LogP contribution in [0.5, 0.6) is 0 Å². The van der Waals surface area contributed by atoms with Gasteiger partial charge in [-0.2, -0.15) is 0 Å². The van der Waals surface area contributed by atoms with Gasteiger partial charge in [-0.05, 0) is 58.7 Å². The highest BCUT2D eigenvalue weighted by Gasteiger charge is 2.27. The molecule has 1 fully saturated rings. The summed E-state index contributed by atoms with van der Waals surface area (Å²) in [7, 11) is 1.98. The van der Waals surface area contributed by atoms with Crippen molar-refractivity contribution in [2.45, 2.75) is 33.6 Å². The fraction of sp³-hybridized carbons (Fsp3) is 0.500. The molecule has 0 saturated carbocycles. The molecule has 1 amide bonds. The number of nitrogens with zero attached hydrogens (tertiary/aromatic N) is 2. The smallest absolute Gasteiger partial charge is 0.265 e. The van der Waals surface area contributed by atoms with Crippen molar-refractivity contribution < 1.29 is 4.79 Å². The minimum absolute atomic E-state index is 0.145. The molecular weight excluding hydrogens is 330 g/mol. The molecule has 0 bridgehead atoms. The van der Waals surface area contributed by atoms with Gasteiger partial charge >= 0.3 is 0 Å². The predicted molar refractivity (Wildman–Crippen MR) is 104 cm³/mol. The molecule has 1 aromatic carbocycles. The lowest BCUT2D eigenvalue weighted by atomic mass is 9.98. The first-order valence-corrected chi connectivity index (χ1v) is 9.80. The number of carbonyl (C=O) groups is 1. The minimum atomic E-state index is 0.145. The number of likely N-dealkylation sites (tertiary alicyclic amines) is 1. The first-order chi connectivity index (χ1) is 12.0. The second-order valence-corrected chi connectivity index (χ2v) is 8.07. The number of nitrogens with one attached hydrogen (secondary N) is 1. The topological polar surface area (TPSA) is 45.2 Å². The van der Waals surface area contributed by atoms with Crippen molar-refractivity contribution in [2.24, 2.45) is 5.92 Å².